The number of hydrogen-bond donors (Lipinski definition) is 2. The summed E-state index contributed by atoms with van der Waals surface area (Å²) in [6.07, 6.45) is 0. The number of hydrogen-bond acceptors (Lipinski definition) is 4. The van der Waals surface area contributed by atoms with Crippen LogP contribution in [-0.4, -0.2) is 17.7 Å². The number of carbonyl (C=O) groups excluding carboxylic acids is 1. The number of H-pyrrole nitrogens is 1. The average molecular weight is 400 g/mol. The molecule has 0 aliphatic carbocycles. The van der Waals surface area contributed by atoms with Gasteiger partial charge in [0, 0.05) is 17.0 Å². The van der Waals surface area contributed by atoms with E-state index in [9.17, 15) is 4.79 Å². The lowest BCUT2D eigenvalue weighted by Crippen LogP contribution is -2.26. The molecule has 1 amide bonds. The van der Waals surface area contributed by atoms with E-state index in [0.717, 1.165) is 16.5 Å². The van der Waals surface area contributed by atoms with Crippen molar-refractivity contribution in [2.24, 2.45) is 0 Å². The van der Waals surface area contributed by atoms with Crippen molar-refractivity contribution in [1.82, 2.24) is 10.3 Å². The van der Waals surface area contributed by atoms with Gasteiger partial charge in [0.05, 0.1) is 6.04 Å². The molecule has 0 bridgehead atoms. The average Bonchev–Trinajstić information content (AvgIpc) is 3.40. The second-order valence-electron chi connectivity index (χ2n) is 7.16. The molecule has 30 heavy (non-hydrogen) atoms. The quantitative estimate of drug-likeness (QED) is 0.484. The van der Waals surface area contributed by atoms with E-state index in [1.54, 1.807) is 6.07 Å². The van der Waals surface area contributed by atoms with Gasteiger partial charge in [0.15, 0.2) is 11.5 Å². The summed E-state index contributed by atoms with van der Waals surface area (Å²) in [5.74, 6) is 2.56. The lowest BCUT2D eigenvalue weighted by atomic mass is 10.1. The van der Waals surface area contributed by atoms with Crippen LogP contribution in [-0.2, 0) is 0 Å². The molecule has 5 rings (SSSR count). The monoisotopic (exact) mass is 400 g/mol. The van der Waals surface area contributed by atoms with Crippen molar-refractivity contribution < 1.29 is 19.0 Å². The van der Waals surface area contributed by atoms with Gasteiger partial charge in [-0.3, -0.25) is 4.79 Å². The highest BCUT2D eigenvalue weighted by atomic mass is 16.7. The normalized spacial score (nSPS) is 13.2. The van der Waals surface area contributed by atoms with Crippen molar-refractivity contribution in [2.45, 2.75) is 13.0 Å². The minimum Gasteiger partial charge on any atom is -0.457 e. The Balaban J connectivity index is 1.33. The highest BCUT2D eigenvalue weighted by Crippen LogP contribution is 2.37. The van der Waals surface area contributed by atoms with Gasteiger partial charge in [0.25, 0.3) is 5.91 Å². The van der Waals surface area contributed by atoms with Crippen LogP contribution in [0, 0.1) is 0 Å². The molecule has 0 saturated carbocycles. The Kier molecular flexibility index (Phi) is 4.52. The van der Waals surface area contributed by atoms with E-state index >= 15 is 0 Å². The van der Waals surface area contributed by atoms with Crippen LogP contribution in [0.2, 0.25) is 0 Å². The number of aromatic amines is 1. The predicted octanol–water partition coefficient (Wildman–Crippen LogP) is 5.18. The fraction of sp³-hybridized carbons (Fsp3) is 0.125. The molecule has 0 spiro atoms. The van der Waals surface area contributed by atoms with E-state index in [4.69, 9.17) is 14.2 Å². The van der Waals surface area contributed by atoms with Crippen molar-refractivity contribution in [3.8, 4) is 23.0 Å². The minimum absolute atomic E-state index is 0.0879. The number of nitrogens with one attached hydrogen (secondary N) is 2. The molecular formula is C24H20N2O4. The summed E-state index contributed by atoms with van der Waals surface area (Å²) in [6.45, 7) is 2.19. The molecule has 0 unspecified atom stereocenters. The van der Waals surface area contributed by atoms with Crippen molar-refractivity contribution in [2.75, 3.05) is 6.79 Å². The lowest BCUT2D eigenvalue weighted by molar-refractivity contribution is 0.0935. The highest BCUT2D eigenvalue weighted by molar-refractivity contribution is 5.98. The number of amides is 1. The predicted molar refractivity (Wildman–Crippen MR) is 113 cm³/mol. The zero-order valence-corrected chi connectivity index (χ0v) is 16.3. The van der Waals surface area contributed by atoms with Gasteiger partial charge in [-0.15, -0.1) is 0 Å². The molecule has 2 heterocycles. The van der Waals surface area contributed by atoms with Gasteiger partial charge < -0.3 is 24.5 Å². The Labute approximate surface area is 173 Å². The molecule has 0 radical (unpaired) electrons. The van der Waals surface area contributed by atoms with Crippen LogP contribution in [0.3, 0.4) is 0 Å². The third kappa shape index (κ3) is 3.55. The summed E-state index contributed by atoms with van der Waals surface area (Å²) in [5, 5.41) is 3.92. The number of rotatable bonds is 5. The van der Waals surface area contributed by atoms with Crippen LogP contribution in [0.4, 0.5) is 0 Å². The summed E-state index contributed by atoms with van der Waals surface area (Å²) in [5.41, 5.74) is 2.43. The molecule has 1 atom stereocenters. The van der Waals surface area contributed by atoms with Crippen molar-refractivity contribution in [1.29, 1.82) is 0 Å². The molecule has 4 aromatic rings. The van der Waals surface area contributed by atoms with Crippen LogP contribution in [0.1, 0.15) is 29.0 Å². The molecule has 0 fully saturated rings. The first-order valence-corrected chi connectivity index (χ1v) is 9.72. The molecule has 6 heteroatoms. The standard InChI is InChI=1S/C24H20N2O4/c1-15(16-5-3-2-4-6-16)25-24(27)21-12-17-11-18(7-9-20(17)26-21)30-19-8-10-22-23(13-19)29-14-28-22/h2-13,15,26H,14H2,1H3,(H,25,27)/t15-/m0/s1. The molecule has 2 N–H and O–H groups in total. The van der Waals surface area contributed by atoms with Gasteiger partial charge in [-0.2, -0.15) is 0 Å². The van der Waals surface area contributed by atoms with Gasteiger partial charge in [-0.05, 0) is 48.9 Å². The van der Waals surface area contributed by atoms with Crippen molar-refractivity contribution in [3.63, 3.8) is 0 Å². The van der Waals surface area contributed by atoms with E-state index in [1.165, 1.54) is 0 Å². The topological polar surface area (TPSA) is 72.6 Å². The Bertz CT molecular complexity index is 1220. The summed E-state index contributed by atoms with van der Waals surface area (Å²) >= 11 is 0. The van der Waals surface area contributed by atoms with Crippen molar-refractivity contribution >= 4 is 16.8 Å². The van der Waals surface area contributed by atoms with E-state index in [1.807, 2.05) is 73.7 Å². The van der Waals surface area contributed by atoms with Gasteiger partial charge in [-0.1, -0.05) is 30.3 Å². The lowest BCUT2D eigenvalue weighted by Gasteiger charge is -2.13. The number of ether oxygens (including phenoxy) is 3. The molecule has 1 aromatic heterocycles. The first kappa shape index (κ1) is 18.1. The minimum atomic E-state index is -0.152. The number of benzene rings is 3. The summed E-state index contributed by atoms with van der Waals surface area (Å²) < 4.78 is 16.7. The molecule has 3 aromatic carbocycles. The molecular weight excluding hydrogens is 380 g/mol. The van der Waals surface area contributed by atoms with E-state index in [-0.39, 0.29) is 18.7 Å². The highest BCUT2D eigenvalue weighted by Gasteiger charge is 2.16. The largest absolute Gasteiger partial charge is 0.457 e. The maximum absolute atomic E-state index is 12.7. The fourth-order valence-corrected chi connectivity index (χ4v) is 3.47. The van der Waals surface area contributed by atoms with Crippen LogP contribution < -0.4 is 19.5 Å². The van der Waals surface area contributed by atoms with Gasteiger partial charge >= 0.3 is 0 Å². The summed E-state index contributed by atoms with van der Waals surface area (Å²) in [4.78, 5) is 15.9. The molecule has 0 saturated heterocycles. The number of fused-ring (bicyclic) bond motifs is 2. The second-order valence-corrected chi connectivity index (χ2v) is 7.16. The Morgan fingerprint density at radius 1 is 0.967 bits per heavy atom. The van der Waals surface area contributed by atoms with E-state index in [0.29, 0.717) is 28.7 Å². The second kappa shape index (κ2) is 7.48. The first-order valence-electron chi connectivity index (χ1n) is 9.72. The third-order valence-corrected chi connectivity index (χ3v) is 5.06. The molecule has 150 valence electrons. The molecule has 1 aliphatic rings. The third-order valence-electron chi connectivity index (χ3n) is 5.06. The maximum Gasteiger partial charge on any atom is 0.268 e. The van der Waals surface area contributed by atoms with Gasteiger partial charge in [-0.25, -0.2) is 0 Å². The number of aromatic nitrogens is 1. The zero-order valence-electron chi connectivity index (χ0n) is 16.3. The van der Waals surface area contributed by atoms with Crippen LogP contribution >= 0.6 is 0 Å². The zero-order chi connectivity index (χ0) is 20.5. The van der Waals surface area contributed by atoms with Crippen LogP contribution in [0.25, 0.3) is 10.9 Å². The van der Waals surface area contributed by atoms with Gasteiger partial charge in [0.2, 0.25) is 6.79 Å². The van der Waals surface area contributed by atoms with E-state index < -0.39 is 0 Å². The Morgan fingerprint density at radius 2 is 1.73 bits per heavy atom. The number of carbonyl (C=O) groups is 1. The van der Waals surface area contributed by atoms with E-state index in [2.05, 4.69) is 10.3 Å². The molecule has 1 aliphatic heterocycles. The smallest absolute Gasteiger partial charge is 0.268 e. The fourth-order valence-electron chi connectivity index (χ4n) is 3.47. The van der Waals surface area contributed by atoms with Gasteiger partial charge in [0.1, 0.15) is 17.2 Å². The Hall–Kier alpha value is -3.93. The molecule has 6 nitrogen and oxygen atoms in total. The summed E-state index contributed by atoms with van der Waals surface area (Å²) in [7, 11) is 0. The van der Waals surface area contributed by atoms with Crippen LogP contribution in [0.5, 0.6) is 23.0 Å². The van der Waals surface area contributed by atoms with Crippen molar-refractivity contribution in [3.05, 3.63) is 84.1 Å². The maximum atomic E-state index is 12.7. The Morgan fingerprint density at radius 3 is 2.60 bits per heavy atom. The SMILES string of the molecule is C[C@H](NC(=O)c1cc2cc(Oc3ccc4c(c3)OCO4)ccc2[nH]1)c1ccccc1. The first-order chi connectivity index (χ1) is 14.7. The summed E-state index contributed by atoms with van der Waals surface area (Å²) in [6, 6.07) is 22.7. The van der Waals surface area contributed by atoms with Crippen LogP contribution in [0.15, 0.2) is 72.8 Å².